The number of hydrogen-bond acceptors (Lipinski definition) is 2. The van der Waals surface area contributed by atoms with E-state index in [4.69, 9.17) is 0 Å². The summed E-state index contributed by atoms with van der Waals surface area (Å²) < 4.78 is 0. The van der Waals surface area contributed by atoms with Crippen LogP contribution in [-0.4, -0.2) is 17.9 Å². The van der Waals surface area contributed by atoms with Crippen LogP contribution in [-0.2, 0) is 4.79 Å². The molecule has 2 heteroatoms. The van der Waals surface area contributed by atoms with Gasteiger partial charge in [-0.25, -0.2) is 0 Å². The van der Waals surface area contributed by atoms with Crippen LogP contribution in [0.25, 0.3) is 0 Å². The highest BCUT2D eigenvalue weighted by Crippen LogP contribution is 2.23. The van der Waals surface area contributed by atoms with Crippen molar-refractivity contribution in [1.82, 2.24) is 5.32 Å². The number of Topliss-reactive ketones (excluding diaryl/α,β-unsaturated/α-hetero) is 1. The lowest BCUT2D eigenvalue weighted by Crippen LogP contribution is -2.46. The molecule has 0 spiro atoms. The molecule has 0 aliphatic carbocycles. The predicted molar refractivity (Wildman–Crippen MR) is 61.5 cm³/mol. The molecular formula is C12H25NO. The third-order valence-electron chi connectivity index (χ3n) is 3.21. The number of rotatable bonds is 6. The Morgan fingerprint density at radius 2 is 1.71 bits per heavy atom. The molecule has 0 saturated carbocycles. The molecule has 0 aromatic rings. The molecule has 1 N–H and O–H groups in total. The summed E-state index contributed by atoms with van der Waals surface area (Å²) in [7, 11) is 0. The van der Waals surface area contributed by atoms with Gasteiger partial charge < -0.3 is 5.32 Å². The van der Waals surface area contributed by atoms with Gasteiger partial charge in [0.15, 0.2) is 0 Å². The van der Waals surface area contributed by atoms with Crippen LogP contribution in [0.1, 0.15) is 54.4 Å². The number of carbonyl (C=O) groups excluding carboxylic acids is 1. The third kappa shape index (κ3) is 4.75. The Labute approximate surface area is 88.5 Å². The second-order valence-corrected chi connectivity index (χ2v) is 5.38. The lowest BCUT2D eigenvalue weighted by molar-refractivity contribution is -0.122. The Hall–Kier alpha value is -0.370. The molecule has 0 amide bonds. The summed E-state index contributed by atoms with van der Waals surface area (Å²) in [5, 5.41) is 3.30. The van der Waals surface area contributed by atoms with Crippen LogP contribution >= 0.6 is 0 Å². The molecule has 14 heavy (non-hydrogen) atoms. The van der Waals surface area contributed by atoms with Gasteiger partial charge in [-0.1, -0.05) is 27.2 Å². The Kier molecular flexibility index (Phi) is 4.79. The van der Waals surface area contributed by atoms with Crippen molar-refractivity contribution in [2.45, 2.75) is 59.9 Å². The van der Waals surface area contributed by atoms with Gasteiger partial charge in [-0.05, 0) is 39.2 Å². The first kappa shape index (κ1) is 13.6. The smallest absolute Gasteiger partial charge is 0.149 e. The molecule has 0 radical (unpaired) electrons. The first-order valence-corrected chi connectivity index (χ1v) is 5.47. The first-order chi connectivity index (χ1) is 6.21. The van der Waals surface area contributed by atoms with E-state index in [1.54, 1.807) is 6.92 Å². The van der Waals surface area contributed by atoms with Gasteiger partial charge in [-0.2, -0.15) is 0 Å². The van der Waals surface area contributed by atoms with Crippen molar-refractivity contribution < 1.29 is 4.79 Å². The summed E-state index contributed by atoms with van der Waals surface area (Å²) in [5.41, 5.74) is 0.00366. The summed E-state index contributed by atoms with van der Waals surface area (Å²) in [4.78, 5) is 11.2. The minimum absolute atomic E-state index is 0.201. The standard InChI is InChI=1S/C12H25NO/c1-7-11(3,4)8-9-13-12(5,6)10(2)14/h13H,7-9H2,1-6H3. The molecule has 0 aliphatic rings. The van der Waals surface area contributed by atoms with Crippen LogP contribution in [0, 0.1) is 5.41 Å². The minimum Gasteiger partial charge on any atom is -0.305 e. The van der Waals surface area contributed by atoms with E-state index >= 15 is 0 Å². The van der Waals surface area contributed by atoms with Gasteiger partial charge in [0.1, 0.15) is 5.78 Å². The summed E-state index contributed by atoms with van der Waals surface area (Å²) >= 11 is 0. The number of ketones is 1. The van der Waals surface area contributed by atoms with Gasteiger partial charge in [-0.3, -0.25) is 4.79 Å². The minimum atomic E-state index is -0.371. The van der Waals surface area contributed by atoms with Crippen molar-refractivity contribution in [3.05, 3.63) is 0 Å². The van der Waals surface area contributed by atoms with Crippen LogP contribution in [0.2, 0.25) is 0 Å². The van der Waals surface area contributed by atoms with E-state index in [1.807, 2.05) is 13.8 Å². The van der Waals surface area contributed by atoms with Crippen LogP contribution in [0.15, 0.2) is 0 Å². The highest BCUT2D eigenvalue weighted by molar-refractivity contribution is 5.85. The highest BCUT2D eigenvalue weighted by Gasteiger charge is 2.23. The largest absolute Gasteiger partial charge is 0.305 e. The average molecular weight is 199 g/mol. The number of carbonyl (C=O) groups is 1. The van der Waals surface area contributed by atoms with Crippen molar-refractivity contribution in [1.29, 1.82) is 0 Å². The van der Waals surface area contributed by atoms with E-state index in [2.05, 4.69) is 26.1 Å². The lowest BCUT2D eigenvalue weighted by Gasteiger charge is -2.27. The van der Waals surface area contributed by atoms with Gasteiger partial charge in [0, 0.05) is 0 Å². The molecule has 0 aliphatic heterocycles. The monoisotopic (exact) mass is 199 g/mol. The van der Waals surface area contributed by atoms with Crippen molar-refractivity contribution >= 4 is 5.78 Å². The topological polar surface area (TPSA) is 29.1 Å². The van der Waals surface area contributed by atoms with E-state index in [0.29, 0.717) is 5.41 Å². The molecule has 0 bridgehead atoms. The Morgan fingerprint density at radius 3 is 2.07 bits per heavy atom. The first-order valence-electron chi connectivity index (χ1n) is 5.47. The lowest BCUT2D eigenvalue weighted by atomic mass is 9.86. The molecular weight excluding hydrogens is 174 g/mol. The van der Waals surface area contributed by atoms with Crippen LogP contribution < -0.4 is 5.32 Å². The molecule has 0 rings (SSSR count). The van der Waals surface area contributed by atoms with E-state index in [0.717, 1.165) is 13.0 Å². The van der Waals surface area contributed by atoms with E-state index in [9.17, 15) is 4.79 Å². The SMILES string of the molecule is CCC(C)(C)CCNC(C)(C)C(C)=O. The van der Waals surface area contributed by atoms with Crippen molar-refractivity contribution in [3.8, 4) is 0 Å². The van der Waals surface area contributed by atoms with E-state index in [-0.39, 0.29) is 11.3 Å². The van der Waals surface area contributed by atoms with Gasteiger partial charge in [0.05, 0.1) is 5.54 Å². The fourth-order valence-electron chi connectivity index (χ4n) is 1.01. The molecule has 2 nitrogen and oxygen atoms in total. The summed E-state index contributed by atoms with van der Waals surface area (Å²) in [5.74, 6) is 0.201. The zero-order valence-corrected chi connectivity index (χ0v) is 10.5. The summed E-state index contributed by atoms with van der Waals surface area (Å²) in [6, 6.07) is 0. The summed E-state index contributed by atoms with van der Waals surface area (Å²) in [6.45, 7) is 13.1. The maximum Gasteiger partial charge on any atom is 0.149 e. The molecule has 0 fully saturated rings. The maximum absolute atomic E-state index is 11.2. The van der Waals surface area contributed by atoms with Crippen LogP contribution in [0.5, 0.6) is 0 Å². The Morgan fingerprint density at radius 1 is 1.21 bits per heavy atom. The zero-order valence-electron chi connectivity index (χ0n) is 10.5. The van der Waals surface area contributed by atoms with Crippen molar-refractivity contribution in [2.24, 2.45) is 5.41 Å². The second kappa shape index (κ2) is 4.92. The van der Waals surface area contributed by atoms with Gasteiger partial charge in [-0.15, -0.1) is 0 Å². The Balaban J connectivity index is 3.91. The van der Waals surface area contributed by atoms with E-state index in [1.165, 1.54) is 6.42 Å². The fraction of sp³-hybridized carbons (Fsp3) is 0.917. The van der Waals surface area contributed by atoms with Crippen molar-refractivity contribution in [2.75, 3.05) is 6.54 Å². The quantitative estimate of drug-likeness (QED) is 0.712. The zero-order chi connectivity index (χ0) is 11.4. The molecule has 0 unspecified atom stereocenters. The van der Waals surface area contributed by atoms with Crippen LogP contribution in [0.4, 0.5) is 0 Å². The second-order valence-electron chi connectivity index (χ2n) is 5.38. The normalized spacial score (nSPS) is 13.0. The molecule has 84 valence electrons. The van der Waals surface area contributed by atoms with Gasteiger partial charge in [0.25, 0.3) is 0 Å². The Bertz CT molecular complexity index is 194. The number of nitrogens with one attached hydrogen (secondary N) is 1. The van der Waals surface area contributed by atoms with Crippen molar-refractivity contribution in [3.63, 3.8) is 0 Å². The van der Waals surface area contributed by atoms with Gasteiger partial charge >= 0.3 is 0 Å². The molecule has 0 aromatic carbocycles. The fourth-order valence-corrected chi connectivity index (χ4v) is 1.01. The molecule has 0 atom stereocenters. The molecule has 0 aromatic heterocycles. The average Bonchev–Trinajstić information content (AvgIpc) is 2.03. The molecule has 0 heterocycles. The number of hydrogen-bond donors (Lipinski definition) is 1. The highest BCUT2D eigenvalue weighted by atomic mass is 16.1. The van der Waals surface area contributed by atoms with Gasteiger partial charge in [0.2, 0.25) is 0 Å². The third-order valence-corrected chi connectivity index (χ3v) is 3.21. The van der Waals surface area contributed by atoms with Crippen LogP contribution in [0.3, 0.4) is 0 Å². The summed E-state index contributed by atoms with van der Waals surface area (Å²) in [6.07, 6.45) is 2.29. The maximum atomic E-state index is 11.2. The molecule has 0 saturated heterocycles. The predicted octanol–water partition coefficient (Wildman–Crippen LogP) is 2.77. The van der Waals surface area contributed by atoms with E-state index < -0.39 is 0 Å².